The highest BCUT2D eigenvalue weighted by Crippen LogP contribution is 2.35. The molecule has 0 N–H and O–H groups in total. The zero-order chi connectivity index (χ0) is 19.1. The highest BCUT2D eigenvalue weighted by Gasteiger charge is 2.27. The topological polar surface area (TPSA) is 74.9 Å². The van der Waals surface area contributed by atoms with Crippen LogP contribution in [0.5, 0.6) is 17.2 Å². The summed E-state index contributed by atoms with van der Waals surface area (Å²) < 4.78 is 18.7. The van der Waals surface area contributed by atoms with Gasteiger partial charge in [-0.15, -0.1) is 5.10 Å². The van der Waals surface area contributed by atoms with E-state index in [1.807, 2.05) is 54.6 Å². The van der Waals surface area contributed by atoms with E-state index in [-0.39, 0.29) is 5.56 Å². The molecule has 1 aliphatic heterocycles. The number of aromatic nitrogens is 3. The second-order valence-electron chi connectivity index (χ2n) is 6.22. The first-order valence-corrected chi connectivity index (χ1v) is 9.46. The van der Waals surface area contributed by atoms with Crippen LogP contribution in [0.2, 0.25) is 0 Å². The van der Waals surface area contributed by atoms with Crippen LogP contribution in [0.3, 0.4) is 0 Å². The first-order valence-electron chi connectivity index (χ1n) is 8.65. The molecule has 0 amide bonds. The van der Waals surface area contributed by atoms with Gasteiger partial charge in [-0.3, -0.25) is 4.79 Å². The summed E-state index contributed by atoms with van der Waals surface area (Å²) in [6.45, 7) is 0.299. The molecule has 0 saturated carbocycles. The quantitative estimate of drug-likeness (QED) is 0.531. The van der Waals surface area contributed by atoms with Crippen molar-refractivity contribution in [3.05, 3.63) is 74.8 Å². The Bertz CT molecular complexity index is 1260. The van der Waals surface area contributed by atoms with Gasteiger partial charge in [-0.2, -0.15) is 9.50 Å². The van der Waals surface area contributed by atoms with Crippen molar-refractivity contribution < 1.29 is 14.2 Å². The monoisotopic (exact) mass is 393 g/mol. The fourth-order valence-corrected chi connectivity index (χ4v) is 3.90. The highest BCUT2D eigenvalue weighted by atomic mass is 32.1. The maximum Gasteiger partial charge on any atom is 0.291 e. The lowest BCUT2D eigenvalue weighted by Crippen LogP contribution is -2.26. The second-order valence-corrected chi connectivity index (χ2v) is 7.23. The Balaban J connectivity index is 1.47. The van der Waals surface area contributed by atoms with E-state index in [9.17, 15) is 4.79 Å². The molecule has 1 aliphatic rings. The molecule has 28 heavy (non-hydrogen) atoms. The van der Waals surface area contributed by atoms with Crippen molar-refractivity contribution in [1.82, 2.24) is 14.6 Å². The smallest absolute Gasteiger partial charge is 0.291 e. The van der Waals surface area contributed by atoms with E-state index >= 15 is 0 Å². The Labute approximate surface area is 163 Å². The summed E-state index contributed by atoms with van der Waals surface area (Å²) in [6, 6.07) is 14.9. The third-order valence-corrected chi connectivity index (χ3v) is 5.37. The van der Waals surface area contributed by atoms with Crippen LogP contribution in [-0.4, -0.2) is 28.3 Å². The van der Waals surface area contributed by atoms with Gasteiger partial charge in [0, 0.05) is 0 Å². The fraction of sp³-hybridized carbons (Fsp3) is 0.150. The van der Waals surface area contributed by atoms with Gasteiger partial charge in [-0.25, -0.2) is 0 Å². The lowest BCUT2D eigenvalue weighted by molar-refractivity contribution is 0.0852. The van der Waals surface area contributed by atoms with E-state index < -0.39 is 6.10 Å². The molecule has 140 valence electrons. The summed E-state index contributed by atoms with van der Waals surface area (Å²) in [6.07, 6.45) is 1.37. The van der Waals surface area contributed by atoms with Crippen molar-refractivity contribution in [3.8, 4) is 17.2 Å². The number of ether oxygens (including phenoxy) is 3. The van der Waals surface area contributed by atoms with Crippen molar-refractivity contribution in [2.24, 2.45) is 0 Å². The minimum atomic E-state index is -0.449. The molecule has 4 aromatic rings. The van der Waals surface area contributed by atoms with Crippen LogP contribution >= 0.6 is 11.3 Å². The third-order valence-electron chi connectivity index (χ3n) is 4.41. The SMILES string of the molecule is COc1ccc(C=c2sc3nc(C4COc5ccccc5O4)nn3c2=O)cc1. The van der Waals surface area contributed by atoms with Gasteiger partial charge in [-0.1, -0.05) is 35.6 Å². The van der Waals surface area contributed by atoms with Crippen LogP contribution in [0.15, 0.2) is 53.3 Å². The third kappa shape index (κ3) is 2.87. The lowest BCUT2D eigenvalue weighted by atomic mass is 10.2. The minimum Gasteiger partial charge on any atom is -0.497 e. The molecule has 7 nitrogen and oxygen atoms in total. The largest absolute Gasteiger partial charge is 0.497 e. The Morgan fingerprint density at radius 1 is 1.18 bits per heavy atom. The number of hydrogen-bond acceptors (Lipinski definition) is 7. The molecule has 1 atom stereocenters. The molecule has 0 bridgehead atoms. The number of nitrogens with zero attached hydrogens (tertiary/aromatic N) is 3. The average molecular weight is 393 g/mol. The maximum absolute atomic E-state index is 12.7. The highest BCUT2D eigenvalue weighted by molar-refractivity contribution is 7.15. The summed E-state index contributed by atoms with van der Waals surface area (Å²) in [7, 11) is 1.62. The van der Waals surface area contributed by atoms with Crippen molar-refractivity contribution in [1.29, 1.82) is 0 Å². The number of hydrogen-bond donors (Lipinski definition) is 0. The minimum absolute atomic E-state index is 0.202. The van der Waals surface area contributed by atoms with E-state index in [0.717, 1.165) is 11.3 Å². The predicted octanol–water partition coefficient (Wildman–Crippen LogP) is 2.22. The molecule has 8 heteroatoms. The molecular formula is C20H15N3O4S. The van der Waals surface area contributed by atoms with Crippen LogP contribution in [0.4, 0.5) is 0 Å². The molecule has 2 aromatic carbocycles. The lowest BCUT2D eigenvalue weighted by Gasteiger charge is -2.24. The predicted molar refractivity (Wildman–Crippen MR) is 104 cm³/mol. The van der Waals surface area contributed by atoms with Gasteiger partial charge in [0.1, 0.15) is 12.4 Å². The standard InChI is InChI=1S/C20H15N3O4S/c1-25-13-8-6-12(7-9-13)10-17-19(24)23-20(28-17)21-18(22-23)16-11-26-14-4-2-3-5-15(14)27-16/h2-10,16H,11H2,1H3. The first kappa shape index (κ1) is 16.8. The van der Waals surface area contributed by atoms with Gasteiger partial charge in [0.25, 0.3) is 5.56 Å². The molecular weight excluding hydrogens is 378 g/mol. The van der Waals surface area contributed by atoms with Gasteiger partial charge in [0.05, 0.1) is 11.6 Å². The van der Waals surface area contributed by atoms with Crippen molar-refractivity contribution in [3.63, 3.8) is 0 Å². The summed E-state index contributed by atoms with van der Waals surface area (Å²) in [4.78, 5) is 17.7. The van der Waals surface area contributed by atoms with Gasteiger partial charge in [0.2, 0.25) is 4.96 Å². The molecule has 0 saturated heterocycles. The zero-order valence-electron chi connectivity index (χ0n) is 14.9. The molecule has 0 fully saturated rings. The Morgan fingerprint density at radius 2 is 1.96 bits per heavy atom. The molecule has 0 aliphatic carbocycles. The zero-order valence-corrected chi connectivity index (χ0v) is 15.7. The first-order chi connectivity index (χ1) is 13.7. The molecule has 0 spiro atoms. The Hall–Kier alpha value is -3.39. The summed E-state index contributed by atoms with van der Waals surface area (Å²) in [5.41, 5.74) is 0.704. The Kier molecular flexibility index (Phi) is 3.98. The van der Waals surface area contributed by atoms with E-state index in [4.69, 9.17) is 14.2 Å². The van der Waals surface area contributed by atoms with Crippen LogP contribution in [0.1, 0.15) is 17.5 Å². The summed E-state index contributed by atoms with van der Waals surface area (Å²) >= 11 is 1.29. The maximum atomic E-state index is 12.7. The van der Waals surface area contributed by atoms with E-state index in [1.165, 1.54) is 15.9 Å². The number of benzene rings is 2. The van der Waals surface area contributed by atoms with Crippen LogP contribution in [0, 0.1) is 0 Å². The molecule has 1 unspecified atom stereocenters. The van der Waals surface area contributed by atoms with Gasteiger partial charge in [0.15, 0.2) is 23.4 Å². The average Bonchev–Trinajstić information content (AvgIpc) is 3.28. The molecule has 3 heterocycles. The number of para-hydroxylation sites is 2. The van der Waals surface area contributed by atoms with Gasteiger partial charge >= 0.3 is 0 Å². The normalized spacial score (nSPS) is 16.5. The molecule has 0 radical (unpaired) electrons. The van der Waals surface area contributed by atoms with E-state index in [2.05, 4.69) is 10.1 Å². The summed E-state index contributed by atoms with van der Waals surface area (Å²) in [5.74, 6) is 2.55. The van der Waals surface area contributed by atoms with E-state index in [0.29, 0.717) is 33.4 Å². The van der Waals surface area contributed by atoms with Gasteiger partial charge in [-0.05, 0) is 35.9 Å². The summed E-state index contributed by atoms with van der Waals surface area (Å²) in [5, 5.41) is 4.36. The van der Waals surface area contributed by atoms with Crippen LogP contribution < -0.4 is 24.3 Å². The number of fused-ring (bicyclic) bond motifs is 2. The number of methoxy groups -OCH3 is 1. The van der Waals surface area contributed by atoms with Crippen molar-refractivity contribution in [2.75, 3.05) is 13.7 Å². The molecule has 2 aromatic heterocycles. The fourth-order valence-electron chi connectivity index (χ4n) is 2.98. The van der Waals surface area contributed by atoms with Crippen LogP contribution in [-0.2, 0) is 0 Å². The second kappa shape index (κ2) is 6.65. The number of rotatable bonds is 3. The van der Waals surface area contributed by atoms with Crippen molar-refractivity contribution in [2.45, 2.75) is 6.10 Å². The van der Waals surface area contributed by atoms with E-state index in [1.54, 1.807) is 7.11 Å². The molecule has 5 rings (SSSR count). The van der Waals surface area contributed by atoms with Crippen molar-refractivity contribution >= 4 is 22.4 Å². The van der Waals surface area contributed by atoms with Gasteiger partial charge < -0.3 is 14.2 Å². The Morgan fingerprint density at radius 3 is 2.71 bits per heavy atom. The number of thiazole rings is 1. The van der Waals surface area contributed by atoms with Crippen LogP contribution in [0.25, 0.3) is 11.0 Å².